The van der Waals surface area contributed by atoms with E-state index in [4.69, 9.17) is 5.10 Å². The number of anilines is 3. The van der Waals surface area contributed by atoms with Crippen LogP contribution in [0.5, 0.6) is 0 Å². The van der Waals surface area contributed by atoms with Crippen molar-refractivity contribution in [3.8, 4) is 11.1 Å². The van der Waals surface area contributed by atoms with Gasteiger partial charge in [0.2, 0.25) is 5.95 Å². The SMILES string of the molecule is CNc1ncc2cc(-c3c(C)ccc4c(Nc5cccc(Br)c5)nn(C)c34)ccc2n1. The van der Waals surface area contributed by atoms with Crippen LogP contribution in [0.2, 0.25) is 0 Å². The first-order valence-corrected chi connectivity index (χ1v) is 10.8. The van der Waals surface area contributed by atoms with Gasteiger partial charge in [-0.1, -0.05) is 34.1 Å². The average Bonchev–Trinajstić information content (AvgIpc) is 3.08. The molecule has 7 heteroatoms. The highest BCUT2D eigenvalue weighted by Gasteiger charge is 2.16. The fourth-order valence-electron chi connectivity index (χ4n) is 3.94. The largest absolute Gasteiger partial charge is 0.357 e. The van der Waals surface area contributed by atoms with Gasteiger partial charge in [0, 0.05) is 46.8 Å². The van der Waals surface area contributed by atoms with Gasteiger partial charge in [0.05, 0.1) is 11.0 Å². The molecule has 2 aromatic heterocycles. The molecule has 5 rings (SSSR count). The molecule has 0 aliphatic carbocycles. The van der Waals surface area contributed by atoms with Crippen molar-refractivity contribution in [1.82, 2.24) is 19.7 Å². The van der Waals surface area contributed by atoms with Gasteiger partial charge in [-0.3, -0.25) is 4.68 Å². The van der Waals surface area contributed by atoms with Crippen LogP contribution in [-0.2, 0) is 7.05 Å². The molecule has 0 fully saturated rings. The van der Waals surface area contributed by atoms with Crippen molar-refractivity contribution in [2.24, 2.45) is 7.05 Å². The Morgan fingerprint density at radius 2 is 1.90 bits per heavy atom. The number of benzene rings is 3. The van der Waals surface area contributed by atoms with Gasteiger partial charge in [-0.2, -0.15) is 5.10 Å². The maximum atomic E-state index is 4.78. The fourth-order valence-corrected chi connectivity index (χ4v) is 4.34. The smallest absolute Gasteiger partial charge is 0.222 e. The van der Waals surface area contributed by atoms with Crippen LogP contribution >= 0.6 is 15.9 Å². The molecule has 0 spiro atoms. The van der Waals surface area contributed by atoms with E-state index in [-0.39, 0.29) is 0 Å². The summed E-state index contributed by atoms with van der Waals surface area (Å²) in [7, 11) is 3.81. The molecular weight excluding hydrogens is 452 g/mol. The molecule has 3 aromatic carbocycles. The Morgan fingerprint density at radius 1 is 1.03 bits per heavy atom. The monoisotopic (exact) mass is 472 g/mol. The first-order chi connectivity index (χ1) is 15.0. The molecule has 5 aromatic rings. The van der Waals surface area contributed by atoms with Gasteiger partial charge in [0.15, 0.2) is 5.82 Å². The molecule has 6 nitrogen and oxygen atoms in total. The maximum absolute atomic E-state index is 4.78. The molecule has 0 aliphatic heterocycles. The normalized spacial score (nSPS) is 11.2. The van der Waals surface area contributed by atoms with Crippen molar-refractivity contribution in [3.63, 3.8) is 0 Å². The van der Waals surface area contributed by atoms with E-state index >= 15 is 0 Å². The van der Waals surface area contributed by atoms with Gasteiger partial charge in [0.1, 0.15) is 0 Å². The molecule has 2 N–H and O–H groups in total. The Hall–Kier alpha value is -3.45. The van der Waals surface area contributed by atoms with Crippen molar-refractivity contribution in [3.05, 3.63) is 70.8 Å². The fraction of sp³-hybridized carbons (Fsp3) is 0.125. The lowest BCUT2D eigenvalue weighted by Crippen LogP contribution is -1.97. The second-order valence-electron chi connectivity index (χ2n) is 7.48. The summed E-state index contributed by atoms with van der Waals surface area (Å²) in [6, 6.07) is 18.7. The summed E-state index contributed by atoms with van der Waals surface area (Å²) in [5.41, 5.74) is 6.46. The summed E-state index contributed by atoms with van der Waals surface area (Å²) in [4.78, 5) is 8.90. The van der Waals surface area contributed by atoms with Gasteiger partial charge < -0.3 is 10.6 Å². The maximum Gasteiger partial charge on any atom is 0.222 e. The average molecular weight is 473 g/mol. The van der Waals surface area contributed by atoms with Crippen LogP contribution in [0.1, 0.15) is 5.56 Å². The van der Waals surface area contributed by atoms with E-state index < -0.39 is 0 Å². The van der Waals surface area contributed by atoms with Crippen LogP contribution in [0.4, 0.5) is 17.5 Å². The first kappa shape index (κ1) is 19.5. The van der Waals surface area contributed by atoms with Gasteiger partial charge in [-0.25, -0.2) is 9.97 Å². The van der Waals surface area contributed by atoms with E-state index in [0.717, 1.165) is 48.9 Å². The summed E-state index contributed by atoms with van der Waals surface area (Å²) >= 11 is 3.53. The molecular formula is C24H21BrN6. The minimum atomic E-state index is 0.619. The molecule has 0 atom stereocenters. The minimum Gasteiger partial charge on any atom is -0.357 e. The van der Waals surface area contributed by atoms with Crippen molar-refractivity contribution < 1.29 is 0 Å². The van der Waals surface area contributed by atoms with Gasteiger partial charge in [-0.15, -0.1) is 0 Å². The molecule has 0 saturated carbocycles. The highest BCUT2D eigenvalue weighted by molar-refractivity contribution is 9.10. The lowest BCUT2D eigenvalue weighted by molar-refractivity contribution is 0.801. The Bertz CT molecular complexity index is 1440. The van der Waals surface area contributed by atoms with Crippen LogP contribution in [0, 0.1) is 6.92 Å². The number of nitrogens with one attached hydrogen (secondary N) is 2. The molecule has 0 bridgehead atoms. The third-order valence-corrected chi connectivity index (χ3v) is 5.89. The Morgan fingerprint density at radius 3 is 2.71 bits per heavy atom. The summed E-state index contributed by atoms with van der Waals surface area (Å²) in [6.07, 6.45) is 1.86. The van der Waals surface area contributed by atoms with Crippen molar-refractivity contribution in [2.75, 3.05) is 17.7 Å². The third-order valence-electron chi connectivity index (χ3n) is 5.39. The number of nitrogens with zero attached hydrogens (tertiary/aromatic N) is 4. The van der Waals surface area contributed by atoms with E-state index in [0.29, 0.717) is 5.95 Å². The van der Waals surface area contributed by atoms with Crippen LogP contribution in [0.15, 0.2) is 65.3 Å². The van der Waals surface area contributed by atoms with Gasteiger partial charge in [-0.05, 0) is 54.4 Å². The zero-order valence-corrected chi connectivity index (χ0v) is 19.0. The highest BCUT2D eigenvalue weighted by atomic mass is 79.9. The molecule has 154 valence electrons. The molecule has 2 heterocycles. The van der Waals surface area contributed by atoms with E-state index in [1.54, 1.807) is 0 Å². The second-order valence-corrected chi connectivity index (χ2v) is 8.39. The summed E-state index contributed by atoms with van der Waals surface area (Å²) in [5.74, 6) is 1.45. The molecule has 0 saturated heterocycles. The minimum absolute atomic E-state index is 0.619. The number of hydrogen-bond donors (Lipinski definition) is 2. The van der Waals surface area contributed by atoms with Crippen LogP contribution in [0.25, 0.3) is 32.9 Å². The van der Waals surface area contributed by atoms with Crippen molar-refractivity contribution in [1.29, 1.82) is 0 Å². The van der Waals surface area contributed by atoms with Crippen molar-refractivity contribution >= 4 is 55.2 Å². The molecule has 31 heavy (non-hydrogen) atoms. The van der Waals surface area contributed by atoms with Crippen LogP contribution in [0.3, 0.4) is 0 Å². The Labute approximate surface area is 188 Å². The Balaban J connectivity index is 1.66. The zero-order chi connectivity index (χ0) is 21.5. The van der Waals surface area contributed by atoms with Crippen molar-refractivity contribution in [2.45, 2.75) is 6.92 Å². The highest BCUT2D eigenvalue weighted by Crippen LogP contribution is 2.37. The quantitative estimate of drug-likeness (QED) is 0.333. The summed E-state index contributed by atoms with van der Waals surface area (Å²) < 4.78 is 2.97. The second kappa shape index (κ2) is 7.67. The van der Waals surface area contributed by atoms with E-state index in [1.807, 2.05) is 55.3 Å². The molecule has 0 aliphatic rings. The van der Waals surface area contributed by atoms with Gasteiger partial charge >= 0.3 is 0 Å². The molecule has 0 amide bonds. The van der Waals surface area contributed by atoms with Gasteiger partial charge in [0.25, 0.3) is 0 Å². The summed E-state index contributed by atoms with van der Waals surface area (Å²) in [6.45, 7) is 2.13. The first-order valence-electron chi connectivity index (χ1n) is 9.97. The summed E-state index contributed by atoms with van der Waals surface area (Å²) in [5, 5.41) is 13.3. The lowest BCUT2D eigenvalue weighted by atomic mass is 9.96. The Kier molecular flexibility index (Phi) is 4.82. The number of hydrogen-bond acceptors (Lipinski definition) is 5. The van der Waals surface area contributed by atoms with E-state index in [2.05, 4.69) is 67.7 Å². The third kappa shape index (κ3) is 3.51. The molecule has 0 radical (unpaired) electrons. The predicted molar refractivity (Wildman–Crippen MR) is 131 cm³/mol. The van der Waals surface area contributed by atoms with Crippen LogP contribution in [-0.4, -0.2) is 26.8 Å². The topological polar surface area (TPSA) is 67.7 Å². The van der Waals surface area contributed by atoms with Crippen LogP contribution < -0.4 is 10.6 Å². The zero-order valence-electron chi connectivity index (χ0n) is 17.4. The number of aryl methyl sites for hydroxylation is 2. The van der Waals surface area contributed by atoms with E-state index in [9.17, 15) is 0 Å². The number of aromatic nitrogens is 4. The van der Waals surface area contributed by atoms with E-state index in [1.165, 1.54) is 5.56 Å². The molecule has 0 unspecified atom stereocenters. The number of halogens is 1. The lowest BCUT2D eigenvalue weighted by Gasteiger charge is -2.11. The number of fused-ring (bicyclic) bond motifs is 2. The number of rotatable bonds is 4. The predicted octanol–water partition coefficient (Wildman–Crippen LogP) is 6.04. The standard InChI is InChI=1S/C24H21BrN6/c1-14-7-9-19-22(31(3)30-23(19)28-18-6-4-5-17(25)12-18)21(14)15-8-10-20-16(11-15)13-27-24(26-2)29-20/h4-13H,1-3H3,(H,28,30)(H,26,27,29).